The Bertz CT molecular complexity index is 547. The first-order valence-electron chi connectivity index (χ1n) is 9.52. The highest BCUT2D eigenvalue weighted by Crippen LogP contribution is 2.13. The number of carbonyl (C=O) groups is 2. The second-order valence-electron chi connectivity index (χ2n) is 6.02. The maximum Gasteiger partial charge on any atom is 0.339 e. The number of nitrogens with zero attached hydrogens (tertiary/aromatic N) is 1. The topological polar surface area (TPSA) is 102 Å². The molecule has 1 rings (SSSR count). The number of rotatable bonds is 12. The molecule has 0 heterocycles. The van der Waals surface area contributed by atoms with Crippen LogP contribution >= 0.6 is 0 Å². The van der Waals surface area contributed by atoms with Crippen molar-refractivity contribution in [2.24, 2.45) is 5.34 Å². The average Bonchev–Trinajstić information content (AvgIpc) is 2.68. The van der Waals surface area contributed by atoms with Crippen LogP contribution in [0.2, 0.25) is 0 Å². The van der Waals surface area contributed by atoms with Crippen molar-refractivity contribution in [3.8, 4) is 0 Å². The van der Waals surface area contributed by atoms with Gasteiger partial charge in [0.1, 0.15) is 0 Å². The Labute approximate surface area is 161 Å². The molecule has 7 nitrogen and oxygen atoms in total. The zero-order chi connectivity index (χ0) is 20.3. The number of ether oxygens (including phenoxy) is 2. The van der Waals surface area contributed by atoms with Crippen molar-refractivity contribution in [1.82, 2.24) is 0 Å². The molecule has 7 heteroatoms. The van der Waals surface area contributed by atoms with Gasteiger partial charge >= 0.3 is 11.9 Å². The predicted octanol–water partition coefficient (Wildman–Crippen LogP) is 5.30. The van der Waals surface area contributed by atoms with Crippen LogP contribution in [0.15, 0.2) is 29.6 Å². The second kappa shape index (κ2) is 17.0. The Morgan fingerprint density at radius 3 is 1.70 bits per heavy atom. The average molecular weight is 381 g/mol. The predicted molar refractivity (Wildman–Crippen MR) is 103 cm³/mol. The van der Waals surface area contributed by atoms with E-state index in [1.54, 1.807) is 24.3 Å². The number of hydrogen-bond donors (Lipinski definition) is 1. The SMILES string of the molecule is CCCCCCCCOC(=O)c1ccccc1C(=O)OCCCC.O=NO. The summed E-state index contributed by atoms with van der Waals surface area (Å²) in [6.07, 6.45) is 8.58. The number of benzene rings is 1. The standard InChI is InChI=1S/C20H30O4.HNO2/c1-3-5-7-8-9-12-16-24-20(22)18-14-11-10-13-17(18)19(21)23-15-6-4-2;2-1-3/h10-11,13-14H,3-9,12,15-16H2,1-2H3;(H,2,3). The fourth-order valence-electron chi connectivity index (χ4n) is 2.35. The van der Waals surface area contributed by atoms with Gasteiger partial charge in [-0.3, -0.25) is 0 Å². The Morgan fingerprint density at radius 1 is 0.815 bits per heavy atom. The molecule has 0 aliphatic rings. The third kappa shape index (κ3) is 11.7. The van der Waals surface area contributed by atoms with Crippen molar-refractivity contribution in [2.45, 2.75) is 65.2 Å². The van der Waals surface area contributed by atoms with Gasteiger partial charge in [-0.25, -0.2) is 9.59 Å². The van der Waals surface area contributed by atoms with Gasteiger partial charge in [-0.15, -0.1) is 4.91 Å². The Kier molecular flexibility index (Phi) is 15.5. The molecule has 0 fully saturated rings. The van der Waals surface area contributed by atoms with Crippen LogP contribution in [0.1, 0.15) is 85.9 Å². The first-order valence-corrected chi connectivity index (χ1v) is 9.52. The monoisotopic (exact) mass is 381 g/mol. The van der Waals surface area contributed by atoms with Crippen molar-refractivity contribution in [3.05, 3.63) is 40.3 Å². The van der Waals surface area contributed by atoms with Gasteiger partial charge in [-0.1, -0.05) is 64.5 Å². The van der Waals surface area contributed by atoms with Gasteiger partial charge in [0.05, 0.1) is 24.3 Å². The van der Waals surface area contributed by atoms with Crippen molar-refractivity contribution in [3.63, 3.8) is 0 Å². The Morgan fingerprint density at radius 2 is 1.22 bits per heavy atom. The highest BCUT2D eigenvalue weighted by Gasteiger charge is 2.18. The van der Waals surface area contributed by atoms with Gasteiger partial charge < -0.3 is 14.7 Å². The lowest BCUT2D eigenvalue weighted by atomic mass is 10.1. The summed E-state index contributed by atoms with van der Waals surface area (Å²) in [7, 11) is 0. The fraction of sp³-hybridized carbons (Fsp3) is 0.600. The van der Waals surface area contributed by atoms with Gasteiger partial charge in [-0.05, 0) is 25.0 Å². The van der Waals surface area contributed by atoms with E-state index in [1.165, 1.54) is 31.0 Å². The van der Waals surface area contributed by atoms with Gasteiger partial charge in [-0.2, -0.15) is 0 Å². The van der Waals surface area contributed by atoms with Gasteiger partial charge in [0.25, 0.3) is 0 Å². The van der Waals surface area contributed by atoms with E-state index in [0.29, 0.717) is 13.2 Å². The Balaban J connectivity index is 0.00000210. The van der Waals surface area contributed by atoms with Crippen LogP contribution in [0.3, 0.4) is 0 Å². The molecular formula is C20H31NO6. The van der Waals surface area contributed by atoms with Crippen molar-refractivity contribution in [1.29, 1.82) is 0 Å². The molecule has 1 aromatic carbocycles. The summed E-state index contributed by atoms with van der Waals surface area (Å²) in [6.45, 7) is 4.98. The van der Waals surface area contributed by atoms with E-state index < -0.39 is 11.9 Å². The Hall–Kier alpha value is -2.44. The van der Waals surface area contributed by atoms with Crippen LogP contribution in [-0.4, -0.2) is 30.4 Å². The molecule has 27 heavy (non-hydrogen) atoms. The van der Waals surface area contributed by atoms with E-state index >= 15 is 0 Å². The van der Waals surface area contributed by atoms with E-state index in [0.717, 1.165) is 25.7 Å². The minimum absolute atomic E-state index is 0.279. The van der Waals surface area contributed by atoms with E-state index in [-0.39, 0.29) is 11.1 Å². The summed E-state index contributed by atoms with van der Waals surface area (Å²) in [4.78, 5) is 32.4. The first-order chi connectivity index (χ1) is 13.1. The lowest BCUT2D eigenvalue weighted by Gasteiger charge is -2.09. The third-order valence-electron chi connectivity index (χ3n) is 3.83. The lowest BCUT2D eigenvalue weighted by Crippen LogP contribution is -2.15. The summed E-state index contributed by atoms with van der Waals surface area (Å²) in [5.74, 6) is -0.915. The van der Waals surface area contributed by atoms with Crippen LogP contribution in [0, 0.1) is 4.91 Å². The first kappa shape index (κ1) is 24.6. The molecule has 0 saturated heterocycles. The molecule has 152 valence electrons. The molecule has 0 unspecified atom stereocenters. The van der Waals surface area contributed by atoms with E-state index in [4.69, 9.17) is 19.6 Å². The summed E-state index contributed by atoms with van der Waals surface area (Å²) < 4.78 is 10.5. The van der Waals surface area contributed by atoms with Crippen molar-refractivity contribution >= 4 is 11.9 Å². The summed E-state index contributed by atoms with van der Waals surface area (Å²) in [5, 5.41) is 7.89. The normalized spacial score (nSPS) is 9.70. The fourth-order valence-corrected chi connectivity index (χ4v) is 2.35. The summed E-state index contributed by atoms with van der Waals surface area (Å²) in [5.41, 5.74) is 0.562. The van der Waals surface area contributed by atoms with Crippen LogP contribution in [0.4, 0.5) is 0 Å². The maximum absolute atomic E-state index is 12.2. The molecule has 0 bridgehead atoms. The van der Waals surface area contributed by atoms with Gasteiger partial charge in [0, 0.05) is 0 Å². The second-order valence-corrected chi connectivity index (χ2v) is 6.02. The summed E-state index contributed by atoms with van der Waals surface area (Å²) >= 11 is 0. The minimum atomic E-state index is -0.462. The molecule has 0 aliphatic heterocycles. The van der Waals surface area contributed by atoms with Crippen LogP contribution in [-0.2, 0) is 9.47 Å². The molecular weight excluding hydrogens is 350 g/mol. The highest BCUT2D eigenvalue weighted by atomic mass is 16.6. The highest BCUT2D eigenvalue weighted by molar-refractivity contribution is 6.03. The van der Waals surface area contributed by atoms with Crippen LogP contribution in [0.25, 0.3) is 0 Å². The van der Waals surface area contributed by atoms with Crippen molar-refractivity contribution < 1.29 is 24.3 Å². The van der Waals surface area contributed by atoms with Gasteiger partial charge in [0.15, 0.2) is 5.34 Å². The molecule has 1 aromatic rings. The smallest absolute Gasteiger partial charge is 0.339 e. The molecule has 0 saturated carbocycles. The minimum Gasteiger partial charge on any atom is -0.462 e. The third-order valence-corrected chi connectivity index (χ3v) is 3.83. The van der Waals surface area contributed by atoms with E-state index in [2.05, 4.69) is 6.92 Å². The molecule has 0 radical (unpaired) electrons. The van der Waals surface area contributed by atoms with Crippen molar-refractivity contribution in [2.75, 3.05) is 13.2 Å². The van der Waals surface area contributed by atoms with E-state index in [1.807, 2.05) is 6.92 Å². The largest absolute Gasteiger partial charge is 0.462 e. The number of unbranched alkanes of at least 4 members (excludes halogenated alkanes) is 6. The molecule has 1 N–H and O–H groups in total. The zero-order valence-electron chi connectivity index (χ0n) is 16.3. The molecule has 0 aliphatic carbocycles. The quantitative estimate of drug-likeness (QED) is 0.228. The molecule has 0 amide bonds. The molecule has 0 atom stereocenters. The summed E-state index contributed by atoms with van der Waals surface area (Å²) in [6, 6.07) is 6.67. The number of esters is 2. The number of hydrogen-bond acceptors (Lipinski definition) is 6. The number of carbonyl (C=O) groups excluding carboxylic acids is 2. The lowest BCUT2D eigenvalue weighted by molar-refractivity contribution is 0.0451. The van der Waals surface area contributed by atoms with Gasteiger partial charge in [0.2, 0.25) is 0 Å². The molecule has 0 spiro atoms. The molecule has 0 aromatic heterocycles. The van der Waals surface area contributed by atoms with Crippen LogP contribution < -0.4 is 0 Å². The van der Waals surface area contributed by atoms with E-state index in [9.17, 15) is 9.59 Å². The zero-order valence-corrected chi connectivity index (χ0v) is 16.3. The van der Waals surface area contributed by atoms with Crippen LogP contribution in [0.5, 0.6) is 0 Å². The maximum atomic E-state index is 12.2.